The zero-order valence-corrected chi connectivity index (χ0v) is 13.3. The van der Waals surface area contributed by atoms with Crippen LogP contribution in [-0.2, 0) is 11.2 Å². The van der Waals surface area contributed by atoms with E-state index in [0.717, 1.165) is 36.2 Å². The zero-order chi connectivity index (χ0) is 15.8. The van der Waals surface area contributed by atoms with Gasteiger partial charge in [0.05, 0.1) is 11.4 Å². The van der Waals surface area contributed by atoms with Gasteiger partial charge in [0.2, 0.25) is 5.91 Å². The molecule has 1 aliphatic heterocycles. The zero-order valence-electron chi connectivity index (χ0n) is 12.6. The number of rotatable bonds is 1. The normalized spacial score (nSPS) is 20.4. The van der Waals surface area contributed by atoms with Gasteiger partial charge in [0, 0.05) is 35.3 Å². The molecule has 5 heteroatoms. The van der Waals surface area contributed by atoms with Crippen LogP contribution < -0.4 is 5.01 Å². The highest BCUT2D eigenvalue weighted by Gasteiger charge is 2.33. The van der Waals surface area contributed by atoms with Crippen LogP contribution in [0.1, 0.15) is 30.4 Å². The van der Waals surface area contributed by atoms with Gasteiger partial charge in [-0.1, -0.05) is 11.6 Å². The van der Waals surface area contributed by atoms with Crippen LogP contribution in [0.5, 0.6) is 0 Å². The largest absolute Gasteiger partial charge is 0.273 e. The minimum absolute atomic E-state index is 0.0356. The molecule has 2 aromatic rings. The summed E-state index contributed by atoms with van der Waals surface area (Å²) in [5, 5.41) is 6.85. The number of hydrazone groups is 1. The number of aromatic nitrogens is 1. The maximum Gasteiger partial charge on any atom is 0.248 e. The maximum atomic E-state index is 12.5. The van der Waals surface area contributed by atoms with Crippen LogP contribution >= 0.6 is 11.6 Å². The number of carbonyl (C=O) groups excluding carboxylic acids is 1. The molecule has 23 heavy (non-hydrogen) atoms. The molecule has 2 aliphatic rings. The van der Waals surface area contributed by atoms with Crippen molar-refractivity contribution in [1.82, 2.24) is 4.98 Å². The summed E-state index contributed by atoms with van der Waals surface area (Å²) in [6.07, 6.45) is 7.29. The lowest BCUT2D eigenvalue weighted by Crippen LogP contribution is -2.37. The standard InChI is InChI=1S/C18H16ClN3O/c19-14-4-6-15(7-5-14)22-17(23)10-13-3-1-2-12-8-9-20-11-16(12)18(13)21-22/h4-9,11,13H,1-3,10H2. The van der Waals surface area contributed by atoms with E-state index in [1.54, 1.807) is 12.1 Å². The number of halogens is 1. The summed E-state index contributed by atoms with van der Waals surface area (Å²) in [5.74, 6) is 0.227. The Labute approximate surface area is 139 Å². The van der Waals surface area contributed by atoms with Crippen molar-refractivity contribution in [3.05, 3.63) is 58.9 Å². The van der Waals surface area contributed by atoms with E-state index < -0.39 is 0 Å². The van der Waals surface area contributed by atoms with E-state index in [1.165, 1.54) is 10.6 Å². The first-order chi connectivity index (χ1) is 11.2. The van der Waals surface area contributed by atoms with Crippen LogP contribution in [0.25, 0.3) is 0 Å². The van der Waals surface area contributed by atoms with Gasteiger partial charge in [-0.15, -0.1) is 0 Å². The van der Waals surface area contributed by atoms with E-state index in [1.807, 2.05) is 24.5 Å². The molecule has 1 aliphatic carbocycles. The minimum Gasteiger partial charge on any atom is -0.273 e. The number of nitrogens with zero attached hydrogens (tertiary/aromatic N) is 3. The monoisotopic (exact) mass is 325 g/mol. The van der Waals surface area contributed by atoms with E-state index in [9.17, 15) is 4.79 Å². The second-order valence-electron chi connectivity index (χ2n) is 5.99. The molecule has 1 aromatic carbocycles. The summed E-state index contributed by atoms with van der Waals surface area (Å²) >= 11 is 5.94. The van der Waals surface area contributed by atoms with E-state index in [0.29, 0.717) is 11.4 Å². The third-order valence-corrected chi connectivity index (χ3v) is 4.76. The van der Waals surface area contributed by atoms with Gasteiger partial charge in [-0.25, -0.2) is 5.01 Å². The van der Waals surface area contributed by atoms with Crippen molar-refractivity contribution in [2.45, 2.75) is 25.7 Å². The highest BCUT2D eigenvalue weighted by Crippen LogP contribution is 2.32. The molecule has 4 nitrogen and oxygen atoms in total. The number of anilines is 1. The Morgan fingerprint density at radius 2 is 2.00 bits per heavy atom. The number of carbonyl (C=O) groups is 1. The molecule has 1 atom stereocenters. The van der Waals surface area contributed by atoms with E-state index in [-0.39, 0.29) is 11.8 Å². The fourth-order valence-corrected chi connectivity index (χ4v) is 3.47. The van der Waals surface area contributed by atoms with Crippen LogP contribution in [0.2, 0.25) is 5.02 Å². The molecule has 1 aromatic heterocycles. The van der Waals surface area contributed by atoms with Crippen LogP contribution in [0.15, 0.2) is 47.8 Å². The van der Waals surface area contributed by atoms with E-state index in [2.05, 4.69) is 11.1 Å². The van der Waals surface area contributed by atoms with Gasteiger partial charge in [-0.3, -0.25) is 9.78 Å². The van der Waals surface area contributed by atoms with Gasteiger partial charge < -0.3 is 0 Å². The minimum atomic E-state index is 0.0356. The Kier molecular flexibility index (Phi) is 3.62. The summed E-state index contributed by atoms with van der Waals surface area (Å²) in [5.41, 5.74) is 4.09. The molecule has 116 valence electrons. The second kappa shape index (κ2) is 5.78. The molecule has 0 N–H and O–H groups in total. The fourth-order valence-electron chi connectivity index (χ4n) is 3.35. The number of fused-ring (bicyclic) bond motifs is 3. The molecule has 4 rings (SSSR count). The first-order valence-corrected chi connectivity index (χ1v) is 8.20. The molecule has 0 fully saturated rings. The van der Waals surface area contributed by atoms with Crippen molar-refractivity contribution < 1.29 is 4.79 Å². The predicted molar refractivity (Wildman–Crippen MR) is 90.8 cm³/mol. The summed E-state index contributed by atoms with van der Waals surface area (Å²) in [4.78, 5) is 16.8. The molecule has 0 spiro atoms. The number of aryl methyl sites for hydroxylation is 1. The predicted octanol–water partition coefficient (Wildman–Crippen LogP) is 3.83. The Morgan fingerprint density at radius 3 is 2.83 bits per heavy atom. The first kappa shape index (κ1) is 14.4. The van der Waals surface area contributed by atoms with Crippen LogP contribution in [0, 0.1) is 5.92 Å². The lowest BCUT2D eigenvalue weighted by atomic mass is 9.90. The van der Waals surface area contributed by atoms with Crippen LogP contribution in [0.3, 0.4) is 0 Å². The van der Waals surface area contributed by atoms with Gasteiger partial charge in [0.1, 0.15) is 0 Å². The highest BCUT2D eigenvalue weighted by atomic mass is 35.5. The average molecular weight is 326 g/mol. The van der Waals surface area contributed by atoms with Crippen molar-refractivity contribution in [3.63, 3.8) is 0 Å². The first-order valence-electron chi connectivity index (χ1n) is 7.82. The summed E-state index contributed by atoms with van der Waals surface area (Å²) in [6, 6.07) is 9.26. The number of pyridine rings is 1. The average Bonchev–Trinajstić information content (AvgIpc) is 2.74. The lowest BCUT2D eigenvalue weighted by Gasteiger charge is -2.28. The quantitative estimate of drug-likeness (QED) is 0.800. The molecule has 2 heterocycles. The Balaban J connectivity index is 1.81. The number of hydrogen-bond donors (Lipinski definition) is 0. The highest BCUT2D eigenvalue weighted by molar-refractivity contribution is 6.30. The number of hydrogen-bond acceptors (Lipinski definition) is 3. The summed E-state index contributed by atoms with van der Waals surface area (Å²) < 4.78 is 0. The number of benzene rings is 1. The Hall–Kier alpha value is -2.20. The molecule has 0 radical (unpaired) electrons. The summed E-state index contributed by atoms with van der Waals surface area (Å²) in [6.45, 7) is 0. The third kappa shape index (κ3) is 2.63. The van der Waals surface area contributed by atoms with Gasteiger partial charge in [-0.05, 0) is 55.2 Å². The molecular weight excluding hydrogens is 310 g/mol. The van der Waals surface area contributed by atoms with Crippen molar-refractivity contribution in [3.8, 4) is 0 Å². The smallest absolute Gasteiger partial charge is 0.248 e. The Morgan fingerprint density at radius 1 is 1.17 bits per heavy atom. The summed E-state index contributed by atoms with van der Waals surface area (Å²) in [7, 11) is 0. The van der Waals surface area contributed by atoms with Crippen LogP contribution in [0.4, 0.5) is 5.69 Å². The van der Waals surface area contributed by atoms with Crippen molar-refractivity contribution >= 4 is 28.9 Å². The molecule has 0 saturated heterocycles. The molecule has 0 bridgehead atoms. The molecular formula is C18H16ClN3O. The second-order valence-corrected chi connectivity index (χ2v) is 6.43. The van der Waals surface area contributed by atoms with Gasteiger partial charge >= 0.3 is 0 Å². The molecule has 1 amide bonds. The molecule has 0 saturated carbocycles. The van der Waals surface area contributed by atoms with Crippen LogP contribution in [-0.4, -0.2) is 16.6 Å². The molecule has 1 unspecified atom stereocenters. The van der Waals surface area contributed by atoms with E-state index >= 15 is 0 Å². The number of amides is 1. The fraction of sp³-hybridized carbons (Fsp3) is 0.278. The topological polar surface area (TPSA) is 45.6 Å². The SMILES string of the molecule is O=C1CC2CCCc3ccncc3C2=NN1c1ccc(Cl)cc1. The van der Waals surface area contributed by atoms with E-state index in [4.69, 9.17) is 16.7 Å². The maximum absolute atomic E-state index is 12.5. The van der Waals surface area contributed by atoms with Gasteiger partial charge in [-0.2, -0.15) is 5.10 Å². The van der Waals surface area contributed by atoms with Crippen molar-refractivity contribution in [2.24, 2.45) is 11.0 Å². The Bertz CT molecular complexity index is 785. The van der Waals surface area contributed by atoms with Crippen molar-refractivity contribution in [2.75, 3.05) is 5.01 Å². The van der Waals surface area contributed by atoms with Gasteiger partial charge in [0.25, 0.3) is 0 Å². The van der Waals surface area contributed by atoms with Crippen molar-refractivity contribution in [1.29, 1.82) is 0 Å². The lowest BCUT2D eigenvalue weighted by molar-refractivity contribution is -0.119. The third-order valence-electron chi connectivity index (χ3n) is 4.51. The van der Waals surface area contributed by atoms with Gasteiger partial charge in [0.15, 0.2) is 0 Å².